The summed E-state index contributed by atoms with van der Waals surface area (Å²) in [5, 5.41) is 125. The summed E-state index contributed by atoms with van der Waals surface area (Å²) < 4.78 is 59.3. The lowest BCUT2D eigenvalue weighted by molar-refractivity contribution is -0.147. The van der Waals surface area contributed by atoms with Gasteiger partial charge in [-0.15, -0.1) is 10.2 Å². The number of aromatic hydroxyl groups is 1. The zero-order valence-electron chi connectivity index (χ0n) is 55.7. The van der Waals surface area contributed by atoms with Crippen molar-refractivity contribution < 1.29 is 101 Å². The van der Waals surface area contributed by atoms with Gasteiger partial charge in [-0.25, -0.2) is 4.39 Å². The van der Waals surface area contributed by atoms with Gasteiger partial charge in [0.15, 0.2) is 16.5 Å². The molecule has 6 aliphatic rings. The van der Waals surface area contributed by atoms with Crippen LogP contribution in [0.4, 0.5) is 10.1 Å². The zero-order chi connectivity index (χ0) is 71.6. The molecule has 13 atom stereocenters. The van der Waals surface area contributed by atoms with Gasteiger partial charge in [-0.1, -0.05) is 43.6 Å². The summed E-state index contributed by atoms with van der Waals surface area (Å²) >= 11 is 1.33. The highest BCUT2D eigenvalue weighted by molar-refractivity contribution is 7.81. The summed E-state index contributed by atoms with van der Waals surface area (Å²) in [6, 6.07) is -3.71. The van der Waals surface area contributed by atoms with E-state index >= 15 is 4.39 Å². The van der Waals surface area contributed by atoms with E-state index < -0.39 is 200 Å². The van der Waals surface area contributed by atoms with Crippen molar-refractivity contribution in [1.82, 2.24) is 51.9 Å². The van der Waals surface area contributed by atoms with Crippen molar-refractivity contribution in [2.24, 2.45) is 17.8 Å². The van der Waals surface area contributed by atoms with Crippen molar-refractivity contribution in [2.75, 3.05) is 71.0 Å². The summed E-state index contributed by atoms with van der Waals surface area (Å²) in [6.45, 7) is 1.57. The minimum absolute atomic E-state index is 0.0158. The largest absolute Gasteiger partial charge is 0.504 e. The Kier molecular flexibility index (Phi) is 26.4. The number of anilines is 1. The van der Waals surface area contributed by atoms with Crippen molar-refractivity contribution >= 4 is 62.9 Å². The van der Waals surface area contributed by atoms with Gasteiger partial charge < -0.3 is 101 Å². The van der Waals surface area contributed by atoms with E-state index in [1.165, 1.54) is 57.3 Å². The van der Waals surface area contributed by atoms with Gasteiger partial charge in [-0.05, 0) is 132 Å². The molecule has 9 rings (SSSR count). The molecular weight excluding hydrogens is 1340 g/mol. The van der Waals surface area contributed by atoms with E-state index in [1.807, 2.05) is 13.2 Å². The monoisotopic (exact) mass is 1430 g/mol. The number of halogens is 1. The molecule has 3 aromatic rings. The van der Waals surface area contributed by atoms with Crippen molar-refractivity contribution in [3.8, 4) is 22.1 Å². The summed E-state index contributed by atoms with van der Waals surface area (Å²) in [5.74, 6) is -9.22. The first kappa shape index (κ1) is 76.8. The number of hydrogen-bond donors (Lipinski definition) is 16. The van der Waals surface area contributed by atoms with Crippen LogP contribution in [0.15, 0.2) is 36.4 Å². The number of carbonyl (C=O) groups is 6. The number of benzene rings is 2. The second-order valence-electron chi connectivity index (χ2n) is 27.5. The normalized spacial score (nSPS) is 29.2. The Balaban J connectivity index is 0.934. The van der Waals surface area contributed by atoms with E-state index in [0.717, 1.165) is 64.6 Å². The molecule has 1 aromatic heterocycles. The third kappa shape index (κ3) is 19.0. The molecule has 6 fully saturated rings. The minimum atomic E-state index is -5.23. The molecule has 0 radical (unpaired) electrons. The maximum absolute atomic E-state index is 16.0. The Morgan fingerprint density at radius 3 is 2.12 bits per heavy atom. The number of phenolic OH excluding ortho intramolecular Hbond substituents is 1. The summed E-state index contributed by atoms with van der Waals surface area (Å²) in [4.78, 5) is 92.2. The SMILES string of the molecule is COC1(C2CCCCC2)CCN(c2ccc(-c3nnc(C4CCC(CN[C@H]5C[C@@H](O)CNC(=O)[C@@H]6[C@@H](O)[C@@H](C)CN6C(=O)[C@H]([C@H](O)CCNC(CO)CO)NC(=O)[C@H]([C@H](O)Cc6ccc(O)c(OS(=O)(=O)O)c6)NC(=O)[C@@H]6C[C@@H](O)CN6C(=O)[C@H]([C@@H](C)O)NC5=O)CC4)s3)c(F)c2)CC1. The van der Waals surface area contributed by atoms with E-state index in [4.69, 9.17) is 4.74 Å². The fraction of sp³-hybridized carbons (Fsp3) is 0.692. The Hall–Kier alpha value is -6.38. The first-order valence-electron chi connectivity index (χ1n) is 34.1. The van der Waals surface area contributed by atoms with Gasteiger partial charge in [0.05, 0.1) is 67.5 Å². The van der Waals surface area contributed by atoms with E-state index in [9.17, 15) is 87.7 Å². The molecule has 6 amide bonds. The van der Waals surface area contributed by atoms with Crippen molar-refractivity contribution in [3.05, 3.63) is 52.8 Å². The van der Waals surface area contributed by atoms with Crippen LogP contribution in [0.1, 0.15) is 120 Å². The number of nitrogens with one attached hydrogen (secondary N) is 6. The fourth-order valence-corrected chi connectivity index (χ4v) is 16.2. The van der Waals surface area contributed by atoms with Crippen LogP contribution in [0, 0.1) is 23.6 Å². The van der Waals surface area contributed by atoms with Gasteiger partial charge in [0.2, 0.25) is 35.4 Å². The number of phenols is 1. The topological polar surface area (TPSA) is 465 Å². The Bertz CT molecular complexity index is 3390. The smallest absolute Gasteiger partial charge is 0.446 e. The molecule has 31 nitrogen and oxygen atoms in total. The predicted octanol–water partition coefficient (Wildman–Crippen LogP) is -1.79. The van der Waals surface area contributed by atoms with Gasteiger partial charge in [0.25, 0.3) is 0 Å². The first-order chi connectivity index (χ1) is 47.1. The summed E-state index contributed by atoms with van der Waals surface area (Å²) in [6.07, 6.45) is -2.04. The maximum atomic E-state index is 16.0. The van der Waals surface area contributed by atoms with Gasteiger partial charge in [-0.3, -0.25) is 33.3 Å². The number of β-amino-alcohol motifs (C(OH)–C–C–N with tert-alkyl or cyclic N) is 1. The summed E-state index contributed by atoms with van der Waals surface area (Å²) in [5.41, 5.74) is 0.898. The molecule has 550 valence electrons. The number of methoxy groups -OCH3 is 1. The molecule has 34 heteroatoms. The zero-order valence-corrected chi connectivity index (χ0v) is 57.4. The molecule has 2 saturated carbocycles. The molecule has 4 saturated heterocycles. The number of aromatic nitrogens is 2. The Morgan fingerprint density at radius 2 is 1.46 bits per heavy atom. The number of amides is 6. The lowest BCUT2D eigenvalue weighted by Gasteiger charge is -2.47. The van der Waals surface area contributed by atoms with Crippen LogP contribution in [0.25, 0.3) is 10.6 Å². The molecule has 2 aromatic carbocycles. The molecular formula is C65H96FN11O20S2. The van der Waals surface area contributed by atoms with E-state index in [1.54, 1.807) is 12.1 Å². The van der Waals surface area contributed by atoms with Crippen LogP contribution in [-0.2, 0) is 50.3 Å². The number of fused-ring (bicyclic) bond motifs is 2. The molecule has 4 aliphatic heterocycles. The third-order valence-corrected chi connectivity index (χ3v) is 22.1. The van der Waals surface area contributed by atoms with Crippen molar-refractivity contribution in [1.29, 1.82) is 0 Å². The number of hydrogen-bond acceptors (Lipinski definition) is 25. The van der Waals surface area contributed by atoms with Crippen LogP contribution >= 0.6 is 11.3 Å². The molecule has 16 N–H and O–H groups in total. The lowest BCUT2D eigenvalue weighted by Crippen LogP contribution is -2.64. The lowest BCUT2D eigenvalue weighted by atomic mass is 9.72. The average Bonchev–Trinajstić information content (AvgIpc) is 1.79. The number of ether oxygens (including phenoxy) is 1. The molecule has 5 heterocycles. The quantitative estimate of drug-likeness (QED) is 0.0524. The highest BCUT2D eigenvalue weighted by Crippen LogP contribution is 2.44. The highest BCUT2D eigenvalue weighted by Gasteiger charge is 2.50. The van der Waals surface area contributed by atoms with Crippen LogP contribution in [0.2, 0.25) is 0 Å². The number of aliphatic hydroxyl groups excluding tert-OH is 8. The number of rotatable bonds is 21. The standard InChI is InChI=1S/C65H96FN11O20S2/c1-34-30-77-55(56(34)86)60(90)69-29-42(81)26-46(68-28-36-9-12-38(13-10-36)61-73-74-62(98-61)44-15-14-41(25-45(44)66)75-21-18-65(96-3,19-22-75)39-7-5-4-6-8-39)57(87)70-52(35(2)80)63(91)76-31-43(82)27-47(76)58(88)71-53(50(85)23-37-11-16-48(83)51(24-37)97-99(93,94)95)59(89)72-54(64(77)92)49(84)17-20-67-40(32-78)33-79/h11,14-16,24-25,34-36,38-40,42-43,46-47,49-50,52-56,67-68,78-86H,4-10,12-13,17-23,26-33H2,1-3H3,(H,69,90)(H,70,87)(H,71,88)(H,72,89)(H,93,94,95)/t34-,35+,36?,38?,42+,43+,46-,47-,49+,50+,52-,53-,54-,55-,56-/m0/s1. The van der Waals surface area contributed by atoms with Crippen LogP contribution in [0.3, 0.4) is 0 Å². The van der Waals surface area contributed by atoms with Crippen LogP contribution in [0.5, 0.6) is 11.5 Å². The average molecular weight is 1430 g/mol. The van der Waals surface area contributed by atoms with Gasteiger partial charge >= 0.3 is 10.4 Å². The Labute approximate surface area is 577 Å². The maximum Gasteiger partial charge on any atom is 0.446 e. The Morgan fingerprint density at radius 1 is 0.788 bits per heavy atom. The molecule has 0 unspecified atom stereocenters. The number of nitrogens with zero attached hydrogens (tertiary/aromatic N) is 5. The number of piperidine rings is 1. The van der Waals surface area contributed by atoms with E-state index in [-0.39, 0.29) is 42.6 Å². The fourth-order valence-electron chi connectivity index (χ4n) is 14.8. The highest BCUT2D eigenvalue weighted by atomic mass is 32.3. The van der Waals surface area contributed by atoms with Gasteiger partial charge in [-0.2, -0.15) is 8.42 Å². The van der Waals surface area contributed by atoms with Gasteiger partial charge in [0.1, 0.15) is 41.0 Å². The van der Waals surface area contributed by atoms with Gasteiger partial charge in [0, 0.05) is 75.8 Å². The van der Waals surface area contributed by atoms with Crippen molar-refractivity contribution in [3.63, 3.8) is 0 Å². The molecule has 0 bridgehead atoms. The second-order valence-corrected chi connectivity index (χ2v) is 29.5. The third-order valence-electron chi connectivity index (χ3n) is 20.6. The molecule has 0 spiro atoms. The van der Waals surface area contributed by atoms with E-state index in [2.05, 4.69) is 51.2 Å². The first-order valence-corrected chi connectivity index (χ1v) is 36.3. The minimum Gasteiger partial charge on any atom is -0.504 e. The van der Waals surface area contributed by atoms with E-state index in [0.29, 0.717) is 42.2 Å². The second kappa shape index (κ2) is 34.1. The molecule has 99 heavy (non-hydrogen) atoms. The molecule has 2 aliphatic carbocycles. The predicted molar refractivity (Wildman–Crippen MR) is 354 cm³/mol. The number of carbonyl (C=O) groups excluding carboxylic acids is 6. The van der Waals surface area contributed by atoms with Crippen LogP contribution < -0.4 is 41.0 Å². The van der Waals surface area contributed by atoms with Crippen molar-refractivity contribution in [2.45, 2.75) is 201 Å². The van der Waals surface area contributed by atoms with Crippen LogP contribution in [-0.4, -0.2) is 265 Å². The number of aliphatic hydroxyl groups is 8. The summed E-state index contributed by atoms with van der Waals surface area (Å²) in [7, 11) is -3.41.